The Morgan fingerprint density at radius 3 is 2.56 bits per heavy atom. The first-order valence-electron chi connectivity index (χ1n) is 9.85. The van der Waals surface area contributed by atoms with E-state index in [2.05, 4.69) is 11.8 Å². The van der Waals surface area contributed by atoms with E-state index >= 15 is 0 Å². The fourth-order valence-corrected chi connectivity index (χ4v) is 4.42. The van der Waals surface area contributed by atoms with E-state index in [0.29, 0.717) is 17.3 Å². The number of carbonyl (C=O) groups excluding carboxylic acids is 1. The lowest BCUT2D eigenvalue weighted by Crippen LogP contribution is -2.49. The normalized spacial score (nSPS) is 20.9. The van der Waals surface area contributed by atoms with E-state index in [1.165, 1.54) is 6.07 Å². The molecule has 5 nitrogen and oxygen atoms in total. The number of benzene rings is 1. The van der Waals surface area contributed by atoms with Crippen LogP contribution in [0, 0.1) is 18.7 Å². The molecule has 0 saturated carbocycles. The van der Waals surface area contributed by atoms with Crippen LogP contribution in [0.25, 0.3) is 11.0 Å². The molecule has 0 N–H and O–H groups in total. The van der Waals surface area contributed by atoms with E-state index in [-0.39, 0.29) is 17.3 Å². The smallest absolute Gasteiger partial charge is 0.289 e. The van der Waals surface area contributed by atoms with Gasteiger partial charge in [-0.1, -0.05) is 12.1 Å². The van der Waals surface area contributed by atoms with Crippen molar-refractivity contribution in [1.82, 2.24) is 9.80 Å². The van der Waals surface area contributed by atoms with Gasteiger partial charge in [-0.25, -0.2) is 4.39 Å². The van der Waals surface area contributed by atoms with E-state index in [9.17, 15) is 9.18 Å². The van der Waals surface area contributed by atoms with Crippen molar-refractivity contribution in [3.05, 3.63) is 35.3 Å². The number of likely N-dealkylation sites (tertiary alicyclic amines) is 1. The highest BCUT2D eigenvalue weighted by atomic mass is 19.1. The lowest BCUT2D eigenvalue weighted by atomic mass is 9.89. The molecular weight excluding hydrogens is 347 g/mol. The Kier molecular flexibility index (Phi) is 5.19. The van der Waals surface area contributed by atoms with Gasteiger partial charge in [0.05, 0.1) is 13.2 Å². The number of halogens is 1. The van der Waals surface area contributed by atoms with Crippen LogP contribution in [0.3, 0.4) is 0 Å². The second kappa shape index (κ2) is 7.60. The van der Waals surface area contributed by atoms with Gasteiger partial charge in [0.25, 0.3) is 5.91 Å². The molecule has 2 fully saturated rings. The minimum atomic E-state index is -0.423. The van der Waals surface area contributed by atoms with E-state index in [1.54, 1.807) is 12.1 Å². The molecule has 0 aliphatic carbocycles. The molecule has 1 aromatic carbocycles. The lowest BCUT2D eigenvalue weighted by Gasteiger charge is -2.40. The molecule has 2 aromatic rings. The second-order valence-electron chi connectivity index (χ2n) is 7.69. The monoisotopic (exact) mass is 374 g/mol. The van der Waals surface area contributed by atoms with Gasteiger partial charge in [0.1, 0.15) is 0 Å². The number of rotatable bonds is 3. The topological polar surface area (TPSA) is 45.9 Å². The quantitative estimate of drug-likeness (QED) is 0.826. The molecule has 146 valence electrons. The van der Waals surface area contributed by atoms with Gasteiger partial charge in [-0.05, 0) is 38.7 Å². The number of hydrogen-bond acceptors (Lipinski definition) is 4. The Labute approximate surface area is 159 Å². The van der Waals surface area contributed by atoms with Crippen molar-refractivity contribution in [2.45, 2.75) is 32.7 Å². The first-order valence-corrected chi connectivity index (χ1v) is 9.85. The highest BCUT2D eigenvalue weighted by Gasteiger charge is 2.32. The van der Waals surface area contributed by atoms with Crippen LogP contribution < -0.4 is 0 Å². The zero-order valence-electron chi connectivity index (χ0n) is 16.0. The minimum Gasteiger partial charge on any atom is -0.448 e. The van der Waals surface area contributed by atoms with Crippen molar-refractivity contribution in [2.75, 3.05) is 39.4 Å². The summed E-state index contributed by atoms with van der Waals surface area (Å²) >= 11 is 0. The Bertz CT molecular complexity index is 820. The molecule has 27 heavy (non-hydrogen) atoms. The van der Waals surface area contributed by atoms with Crippen molar-refractivity contribution in [1.29, 1.82) is 0 Å². The number of fused-ring (bicyclic) bond motifs is 1. The van der Waals surface area contributed by atoms with Crippen LogP contribution in [-0.4, -0.2) is 61.1 Å². The Balaban J connectivity index is 1.43. The first-order chi connectivity index (χ1) is 13.1. The van der Waals surface area contributed by atoms with Crippen LogP contribution in [0.2, 0.25) is 0 Å². The highest BCUT2D eigenvalue weighted by Crippen LogP contribution is 2.30. The van der Waals surface area contributed by atoms with Gasteiger partial charge in [0, 0.05) is 43.2 Å². The summed E-state index contributed by atoms with van der Waals surface area (Å²) in [5.41, 5.74) is 0.896. The molecule has 0 radical (unpaired) electrons. The summed E-state index contributed by atoms with van der Waals surface area (Å²) in [7, 11) is 0. The highest BCUT2D eigenvalue weighted by molar-refractivity contribution is 5.99. The van der Waals surface area contributed by atoms with Crippen LogP contribution in [0.5, 0.6) is 0 Å². The minimum absolute atomic E-state index is 0.124. The van der Waals surface area contributed by atoms with Gasteiger partial charge in [-0.15, -0.1) is 0 Å². The lowest BCUT2D eigenvalue weighted by molar-refractivity contribution is -0.00113. The number of aryl methyl sites for hydroxylation is 1. The molecule has 4 rings (SSSR count). The van der Waals surface area contributed by atoms with Crippen LogP contribution in [0.1, 0.15) is 35.9 Å². The number of morpholine rings is 1. The van der Waals surface area contributed by atoms with Crippen molar-refractivity contribution in [2.24, 2.45) is 5.92 Å². The summed E-state index contributed by atoms with van der Waals surface area (Å²) in [5.74, 6) is 0.310. The van der Waals surface area contributed by atoms with Gasteiger partial charge in [-0.2, -0.15) is 0 Å². The third-order valence-electron chi connectivity index (χ3n) is 6.24. The number of hydrogen-bond donors (Lipinski definition) is 0. The van der Waals surface area contributed by atoms with E-state index in [1.807, 2.05) is 11.8 Å². The molecule has 2 aliphatic rings. The second-order valence-corrected chi connectivity index (χ2v) is 7.69. The molecule has 2 aliphatic heterocycles. The third kappa shape index (κ3) is 3.48. The maximum atomic E-state index is 14.0. The summed E-state index contributed by atoms with van der Waals surface area (Å²) in [6.45, 7) is 9.15. The zero-order valence-corrected chi connectivity index (χ0v) is 16.0. The largest absolute Gasteiger partial charge is 0.448 e. The predicted octanol–water partition coefficient (Wildman–Crippen LogP) is 3.45. The van der Waals surface area contributed by atoms with Crippen LogP contribution in [0.15, 0.2) is 22.6 Å². The van der Waals surface area contributed by atoms with Crippen molar-refractivity contribution in [3.8, 4) is 0 Å². The van der Waals surface area contributed by atoms with Gasteiger partial charge >= 0.3 is 0 Å². The maximum Gasteiger partial charge on any atom is 0.289 e. The average Bonchev–Trinajstić information content (AvgIpc) is 3.06. The maximum absolute atomic E-state index is 14.0. The number of carbonyl (C=O) groups is 1. The summed E-state index contributed by atoms with van der Waals surface area (Å²) < 4.78 is 25.0. The fourth-order valence-electron chi connectivity index (χ4n) is 4.42. The fraction of sp³-hybridized carbons (Fsp3) is 0.571. The molecule has 1 aromatic heterocycles. The molecule has 0 bridgehead atoms. The number of piperidine rings is 1. The number of nitrogens with zero attached hydrogens (tertiary/aromatic N) is 2. The molecule has 0 spiro atoms. The van der Waals surface area contributed by atoms with E-state index in [0.717, 1.165) is 57.8 Å². The summed E-state index contributed by atoms with van der Waals surface area (Å²) in [4.78, 5) is 17.3. The van der Waals surface area contributed by atoms with E-state index < -0.39 is 5.82 Å². The average molecular weight is 374 g/mol. The first kappa shape index (κ1) is 18.4. The Hall–Kier alpha value is -1.92. The van der Waals surface area contributed by atoms with Crippen molar-refractivity contribution >= 4 is 16.9 Å². The van der Waals surface area contributed by atoms with Crippen molar-refractivity contribution < 1.29 is 18.3 Å². The molecule has 1 atom stereocenters. The molecule has 3 heterocycles. The van der Waals surface area contributed by atoms with Gasteiger partial charge in [0.15, 0.2) is 17.2 Å². The summed E-state index contributed by atoms with van der Waals surface area (Å²) in [6, 6.07) is 5.31. The Morgan fingerprint density at radius 1 is 1.19 bits per heavy atom. The van der Waals surface area contributed by atoms with Crippen LogP contribution in [0.4, 0.5) is 4.39 Å². The SMILES string of the molecule is Cc1c(C(=O)N2CCC(C(C)N3CCOCC3)CC2)oc2c(F)cccc12. The van der Waals surface area contributed by atoms with Crippen molar-refractivity contribution in [3.63, 3.8) is 0 Å². The van der Waals surface area contributed by atoms with Gasteiger partial charge in [0.2, 0.25) is 0 Å². The summed E-state index contributed by atoms with van der Waals surface area (Å²) in [5, 5.41) is 0.675. The molecular formula is C21H27FN2O3. The number of amides is 1. The molecule has 6 heteroatoms. The molecule has 2 saturated heterocycles. The predicted molar refractivity (Wildman–Crippen MR) is 101 cm³/mol. The number of furan rings is 1. The van der Waals surface area contributed by atoms with Crippen LogP contribution >= 0.6 is 0 Å². The Morgan fingerprint density at radius 2 is 1.89 bits per heavy atom. The standard InChI is InChI=1S/C21H27FN2O3/c1-14-17-4-3-5-18(22)20(17)27-19(14)21(25)24-8-6-16(7-9-24)15(2)23-10-12-26-13-11-23/h3-5,15-16H,6-13H2,1-2H3. The zero-order chi connectivity index (χ0) is 19.0. The summed E-state index contributed by atoms with van der Waals surface area (Å²) in [6.07, 6.45) is 1.97. The molecule has 1 unspecified atom stereocenters. The van der Waals surface area contributed by atoms with Gasteiger partial charge in [-0.3, -0.25) is 9.69 Å². The number of ether oxygens (including phenoxy) is 1. The van der Waals surface area contributed by atoms with E-state index in [4.69, 9.17) is 9.15 Å². The third-order valence-corrected chi connectivity index (χ3v) is 6.24. The molecule has 1 amide bonds. The van der Waals surface area contributed by atoms with Crippen LogP contribution in [-0.2, 0) is 4.74 Å². The number of para-hydroxylation sites is 1. The van der Waals surface area contributed by atoms with Gasteiger partial charge < -0.3 is 14.1 Å².